The molecule has 0 aromatic carbocycles. The molecule has 0 aliphatic carbocycles. The predicted molar refractivity (Wildman–Crippen MR) is 60.2 cm³/mol. The van der Waals surface area contributed by atoms with Crippen LogP contribution in [0.1, 0.15) is 19.8 Å². The highest BCUT2D eigenvalue weighted by atomic mass is 32.2. The average molecular weight is 274 g/mol. The number of nitrogens with zero attached hydrogens (tertiary/aromatic N) is 4. The van der Waals surface area contributed by atoms with Crippen molar-refractivity contribution >= 4 is 16.0 Å². The lowest BCUT2D eigenvalue weighted by Crippen LogP contribution is -2.50. The maximum atomic E-state index is 12.3. The normalized spacial score (nSPS) is 25.4. The van der Waals surface area contributed by atoms with Crippen molar-refractivity contribution in [3.8, 4) is 0 Å². The summed E-state index contributed by atoms with van der Waals surface area (Å²) in [6.07, 6.45) is 1.93. The summed E-state index contributed by atoms with van der Waals surface area (Å²) in [5.41, 5.74) is -1.41. The van der Waals surface area contributed by atoms with Gasteiger partial charge >= 0.3 is 5.97 Å². The van der Waals surface area contributed by atoms with E-state index in [-0.39, 0.29) is 11.6 Å². The summed E-state index contributed by atoms with van der Waals surface area (Å²) in [5.74, 6) is -1.15. The van der Waals surface area contributed by atoms with Crippen molar-refractivity contribution in [1.29, 1.82) is 0 Å². The molecule has 2 rings (SSSR count). The molecule has 1 saturated heterocycles. The lowest BCUT2D eigenvalue weighted by molar-refractivity contribution is -0.146. The van der Waals surface area contributed by atoms with Crippen molar-refractivity contribution in [2.75, 3.05) is 6.54 Å². The molecule has 18 heavy (non-hydrogen) atoms. The minimum atomic E-state index is -3.91. The predicted octanol–water partition coefficient (Wildman–Crippen LogP) is -0.557. The second-order valence-electron chi connectivity index (χ2n) is 4.43. The Balaban J connectivity index is 2.45. The molecule has 1 atom stereocenters. The summed E-state index contributed by atoms with van der Waals surface area (Å²) in [6, 6.07) is 0. The van der Waals surface area contributed by atoms with E-state index in [4.69, 9.17) is 0 Å². The Morgan fingerprint density at radius 2 is 2.22 bits per heavy atom. The summed E-state index contributed by atoms with van der Waals surface area (Å²) in [6.45, 7) is 1.60. The third-order valence-corrected chi connectivity index (χ3v) is 5.05. The highest BCUT2D eigenvalue weighted by Gasteiger charge is 2.50. The second-order valence-corrected chi connectivity index (χ2v) is 6.24. The molecule has 1 aliphatic heterocycles. The van der Waals surface area contributed by atoms with Crippen LogP contribution < -0.4 is 0 Å². The summed E-state index contributed by atoms with van der Waals surface area (Å²) >= 11 is 0. The molecule has 2 heterocycles. The Labute approximate surface area is 104 Å². The number of hydrogen-bond donors (Lipinski definition) is 1. The number of carbonyl (C=O) groups is 1. The summed E-state index contributed by atoms with van der Waals surface area (Å²) in [5, 5.41) is 16.4. The van der Waals surface area contributed by atoms with Crippen molar-refractivity contribution in [2.45, 2.75) is 30.3 Å². The maximum absolute atomic E-state index is 12.3. The molecule has 1 aliphatic rings. The van der Waals surface area contributed by atoms with Crippen molar-refractivity contribution < 1.29 is 18.3 Å². The first-order valence-electron chi connectivity index (χ1n) is 5.41. The lowest BCUT2D eigenvalue weighted by Gasteiger charge is -2.29. The third kappa shape index (κ3) is 1.79. The van der Waals surface area contributed by atoms with Gasteiger partial charge in [-0.05, 0) is 19.8 Å². The van der Waals surface area contributed by atoms with Crippen LogP contribution in [0.25, 0.3) is 0 Å². The minimum absolute atomic E-state index is 0.182. The van der Waals surface area contributed by atoms with E-state index in [1.165, 1.54) is 14.0 Å². The van der Waals surface area contributed by atoms with Crippen LogP contribution in [0.5, 0.6) is 0 Å². The molecule has 1 aromatic heterocycles. The van der Waals surface area contributed by atoms with Crippen molar-refractivity contribution in [3.63, 3.8) is 0 Å². The summed E-state index contributed by atoms with van der Waals surface area (Å²) < 4.78 is 25.6. The Bertz CT molecular complexity index is 581. The van der Waals surface area contributed by atoms with E-state index in [0.717, 1.165) is 15.3 Å². The lowest BCUT2D eigenvalue weighted by atomic mass is 10.0. The molecule has 8 nitrogen and oxygen atoms in total. The number of rotatable bonds is 3. The van der Waals surface area contributed by atoms with Gasteiger partial charge < -0.3 is 5.11 Å². The van der Waals surface area contributed by atoms with Crippen LogP contribution in [-0.2, 0) is 21.9 Å². The van der Waals surface area contributed by atoms with Crippen LogP contribution in [0.4, 0.5) is 0 Å². The van der Waals surface area contributed by atoms with E-state index in [0.29, 0.717) is 12.8 Å². The van der Waals surface area contributed by atoms with Gasteiger partial charge in [-0.2, -0.15) is 14.2 Å². The molecular weight excluding hydrogens is 260 g/mol. The second kappa shape index (κ2) is 4.02. The standard InChI is InChI=1S/C9H14N4O4S/c1-9(8(14)15)4-3-5-13(9)18(16,17)7-6-10-12(2)11-7/h6H,3-5H2,1-2H3,(H,14,15). The third-order valence-electron chi connectivity index (χ3n) is 3.17. The van der Waals surface area contributed by atoms with Crippen molar-refractivity contribution in [1.82, 2.24) is 19.3 Å². The highest BCUT2D eigenvalue weighted by Crippen LogP contribution is 2.33. The number of sulfonamides is 1. The van der Waals surface area contributed by atoms with Gasteiger partial charge in [-0.3, -0.25) is 4.79 Å². The van der Waals surface area contributed by atoms with E-state index >= 15 is 0 Å². The fraction of sp³-hybridized carbons (Fsp3) is 0.667. The van der Waals surface area contributed by atoms with E-state index in [9.17, 15) is 18.3 Å². The van der Waals surface area contributed by atoms with Gasteiger partial charge in [-0.15, -0.1) is 5.10 Å². The molecular formula is C9H14N4O4S. The number of carboxylic acids is 1. The minimum Gasteiger partial charge on any atom is -0.480 e. The van der Waals surface area contributed by atoms with E-state index < -0.39 is 21.5 Å². The molecule has 0 saturated carbocycles. The van der Waals surface area contributed by atoms with Crippen LogP contribution in [0.15, 0.2) is 11.2 Å². The molecule has 0 radical (unpaired) electrons. The van der Waals surface area contributed by atoms with Gasteiger partial charge in [0.25, 0.3) is 10.0 Å². The Kier molecular flexibility index (Phi) is 2.90. The first kappa shape index (κ1) is 13.0. The first-order chi connectivity index (χ1) is 8.28. The number of hydrogen-bond acceptors (Lipinski definition) is 5. The first-order valence-corrected chi connectivity index (χ1v) is 6.85. The van der Waals surface area contributed by atoms with Crippen LogP contribution >= 0.6 is 0 Å². The molecule has 100 valence electrons. The van der Waals surface area contributed by atoms with Gasteiger partial charge in [0.15, 0.2) is 0 Å². The molecule has 0 amide bonds. The van der Waals surface area contributed by atoms with Crippen LogP contribution in [0.2, 0.25) is 0 Å². The van der Waals surface area contributed by atoms with Crippen LogP contribution in [0.3, 0.4) is 0 Å². The van der Waals surface area contributed by atoms with Gasteiger partial charge in [0.05, 0.1) is 6.20 Å². The number of aliphatic carboxylic acids is 1. The summed E-state index contributed by atoms with van der Waals surface area (Å²) in [7, 11) is -2.41. The molecule has 1 N–H and O–H groups in total. The van der Waals surface area contributed by atoms with Gasteiger partial charge in [0, 0.05) is 13.6 Å². The Morgan fingerprint density at radius 3 is 2.72 bits per heavy atom. The quantitative estimate of drug-likeness (QED) is 0.792. The van der Waals surface area contributed by atoms with Crippen LogP contribution in [-0.4, -0.2) is 50.9 Å². The molecule has 0 bridgehead atoms. The Morgan fingerprint density at radius 1 is 1.56 bits per heavy atom. The zero-order valence-electron chi connectivity index (χ0n) is 10.1. The van der Waals surface area contributed by atoms with E-state index in [1.807, 2.05) is 0 Å². The monoisotopic (exact) mass is 274 g/mol. The summed E-state index contributed by atoms with van der Waals surface area (Å²) in [4.78, 5) is 12.4. The molecule has 0 spiro atoms. The molecule has 1 unspecified atom stereocenters. The smallest absolute Gasteiger partial charge is 0.324 e. The van der Waals surface area contributed by atoms with Gasteiger partial charge in [0.1, 0.15) is 5.54 Å². The molecule has 1 fully saturated rings. The SMILES string of the molecule is Cn1ncc(S(=O)(=O)N2CCCC2(C)C(=O)O)n1. The van der Waals surface area contributed by atoms with E-state index in [2.05, 4.69) is 10.2 Å². The maximum Gasteiger partial charge on any atom is 0.324 e. The van der Waals surface area contributed by atoms with Gasteiger partial charge in [-0.1, -0.05) is 0 Å². The van der Waals surface area contributed by atoms with Crippen LogP contribution in [0, 0.1) is 0 Å². The number of aromatic nitrogens is 3. The van der Waals surface area contributed by atoms with Crippen molar-refractivity contribution in [3.05, 3.63) is 6.20 Å². The largest absolute Gasteiger partial charge is 0.480 e. The number of aryl methyl sites for hydroxylation is 1. The number of carboxylic acid groups (broad SMARTS) is 1. The van der Waals surface area contributed by atoms with Gasteiger partial charge in [-0.25, -0.2) is 8.42 Å². The van der Waals surface area contributed by atoms with E-state index in [1.54, 1.807) is 0 Å². The zero-order valence-corrected chi connectivity index (χ0v) is 10.9. The topological polar surface area (TPSA) is 105 Å². The highest BCUT2D eigenvalue weighted by molar-refractivity contribution is 7.89. The van der Waals surface area contributed by atoms with Gasteiger partial charge in [0.2, 0.25) is 5.03 Å². The average Bonchev–Trinajstić information content (AvgIpc) is 2.85. The molecule has 1 aromatic rings. The molecule has 9 heteroatoms. The zero-order chi connectivity index (χ0) is 13.6. The fourth-order valence-electron chi connectivity index (χ4n) is 2.10. The Hall–Kier alpha value is -1.48. The fourth-order valence-corrected chi connectivity index (χ4v) is 3.79. The van der Waals surface area contributed by atoms with Crippen molar-refractivity contribution in [2.24, 2.45) is 7.05 Å².